The van der Waals surface area contributed by atoms with Gasteiger partial charge in [0.2, 0.25) is 15.9 Å². The molecule has 0 aliphatic carbocycles. The Kier molecular flexibility index (Phi) is 5.23. The van der Waals surface area contributed by atoms with Crippen LogP contribution in [0, 0.1) is 0 Å². The van der Waals surface area contributed by atoms with Gasteiger partial charge >= 0.3 is 5.97 Å². The summed E-state index contributed by atoms with van der Waals surface area (Å²) in [4.78, 5) is 24.1. The molecule has 1 aromatic rings. The highest BCUT2D eigenvalue weighted by atomic mass is 32.2. The molecule has 0 heterocycles. The fraction of sp³-hybridized carbons (Fsp3) is 0.333. The van der Waals surface area contributed by atoms with Crippen molar-refractivity contribution in [3.63, 3.8) is 0 Å². The Morgan fingerprint density at radius 3 is 2.30 bits per heavy atom. The van der Waals surface area contributed by atoms with Crippen molar-refractivity contribution < 1.29 is 23.1 Å². The number of benzene rings is 1. The quantitative estimate of drug-likeness (QED) is 0.772. The van der Waals surface area contributed by atoms with Gasteiger partial charge in [0, 0.05) is 5.69 Å². The van der Waals surface area contributed by atoms with Gasteiger partial charge in [0.05, 0.1) is 12.3 Å². The zero-order valence-electron chi connectivity index (χ0n) is 11.1. The molecule has 0 saturated carbocycles. The number of nitrogens with one attached hydrogen (secondary N) is 1. The minimum atomic E-state index is -3.56. The van der Waals surface area contributed by atoms with Crippen LogP contribution in [0.5, 0.6) is 0 Å². The fourth-order valence-corrected chi connectivity index (χ4v) is 2.39. The second kappa shape index (κ2) is 6.49. The molecule has 0 aromatic heterocycles. The number of carbonyl (C=O) groups is 2. The Bertz CT molecular complexity index is 585. The van der Waals surface area contributed by atoms with Crippen molar-refractivity contribution in [3.05, 3.63) is 30.3 Å². The number of sulfonamides is 1. The average molecular weight is 300 g/mol. The largest absolute Gasteiger partial charge is 0.480 e. The number of carboxylic acids is 1. The minimum absolute atomic E-state index is 0.391. The van der Waals surface area contributed by atoms with Crippen LogP contribution in [-0.4, -0.2) is 44.2 Å². The molecule has 8 heteroatoms. The zero-order valence-corrected chi connectivity index (χ0v) is 11.9. The van der Waals surface area contributed by atoms with Gasteiger partial charge in [-0.1, -0.05) is 18.2 Å². The van der Waals surface area contributed by atoms with Gasteiger partial charge in [-0.2, -0.15) is 0 Å². The molecule has 0 aliphatic heterocycles. The summed E-state index contributed by atoms with van der Waals surface area (Å²) in [6.45, 7) is 0.819. The third kappa shape index (κ3) is 4.98. The Morgan fingerprint density at radius 1 is 1.30 bits per heavy atom. The molecular weight excluding hydrogens is 284 g/mol. The van der Waals surface area contributed by atoms with E-state index in [4.69, 9.17) is 5.11 Å². The molecule has 1 atom stereocenters. The first-order valence-corrected chi connectivity index (χ1v) is 7.65. The monoisotopic (exact) mass is 300 g/mol. The van der Waals surface area contributed by atoms with Crippen LogP contribution in [0.1, 0.15) is 6.92 Å². The van der Waals surface area contributed by atoms with Crippen LogP contribution in [0.4, 0.5) is 5.69 Å². The molecule has 1 aromatic carbocycles. The lowest BCUT2D eigenvalue weighted by Crippen LogP contribution is -2.48. The first-order valence-electron chi connectivity index (χ1n) is 5.76. The molecule has 0 aliphatic rings. The highest BCUT2D eigenvalue weighted by Crippen LogP contribution is 2.14. The number of hydrogen-bond acceptors (Lipinski definition) is 4. The van der Waals surface area contributed by atoms with Crippen molar-refractivity contribution in [3.8, 4) is 0 Å². The maximum Gasteiger partial charge on any atom is 0.323 e. The Morgan fingerprint density at radius 2 is 1.85 bits per heavy atom. The number of carboxylic acid groups (broad SMARTS) is 1. The maximum absolute atomic E-state index is 12.2. The van der Waals surface area contributed by atoms with E-state index >= 15 is 0 Å². The number of nitrogens with zero attached hydrogens (tertiary/aromatic N) is 1. The van der Waals surface area contributed by atoms with E-state index in [1.54, 1.807) is 30.3 Å². The van der Waals surface area contributed by atoms with Crippen LogP contribution in [0.3, 0.4) is 0 Å². The zero-order chi connectivity index (χ0) is 15.3. The second-order valence-electron chi connectivity index (χ2n) is 4.27. The van der Waals surface area contributed by atoms with Crippen LogP contribution in [-0.2, 0) is 19.6 Å². The number of rotatable bonds is 6. The van der Waals surface area contributed by atoms with E-state index in [9.17, 15) is 18.0 Å². The second-order valence-corrected chi connectivity index (χ2v) is 6.05. The summed E-state index contributed by atoms with van der Waals surface area (Å²) in [5.41, 5.74) is 0.391. The van der Waals surface area contributed by atoms with Crippen LogP contribution in [0.15, 0.2) is 30.3 Å². The van der Waals surface area contributed by atoms with E-state index in [2.05, 4.69) is 4.72 Å². The molecular formula is C12H16N2O5S. The van der Waals surface area contributed by atoms with Crippen LogP contribution >= 0.6 is 0 Å². The molecule has 1 amide bonds. The summed E-state index contributed by atoms with van der Waals surface area (Å²) in [5.74, 6) is -1.82. The summed E-state index contributed by atoms with van der Waals surface area (Å²) in [6.07, 6.45) is 0.931. The number of carbonyl (C=O) groups excluding carboxylic acids is 1. The lowest BCUT2D eigenvalue weighted by Gasteiger charge is -2.24. The molecule has 110 valence electrons. The van der Waals surface area contributed by atoms with E-state index < -0.39 is 34.5 Å². The molecule has 0 radical (unpaired) electrons. The number of hydrogen-bond donors (Lipinski definition) is 2. The fourth-order valence-electron chi connectivity index (χ4n) is 1.64. The first kappa shape index (κ1) is 16.1. The topological polar surface area (TPSA) is 104 Å². The Balaban J connectivity index is 3.00. The minimum Gasteiger partial charge on any atom is -0.480 e. The molecule has 0 fully saturated rings. The van der Waals surface area contributed by atoms with Crippen molar-refractivity contribution in [2.75, 3.05) is 17.7 Å². The predicted molar refractivity (Wildman–Crippen MR) is 73.9 cm³/mol. The lowest BCUT2D eigenvalue weighted by atomic mass is 10.2. The summed E-state index contributed by atoms with van der Waals surface area (Å²) in [5, 5.41) is 8.88. The first-order chi connectivity index (χ1) is 9.20. The van der Waals surface area contributed by atoms with Crippen molar-refractivity contribution in [1.82, 2.24) is 4.72 Å². The van der Waals surface area contributed by atoms with Crippen LogP contribution < -0.4 is 9.62 Å². The summed E-state index contributed by atoms with van der Waals surface area (Å²) in [6, 6.07) is 7.15. The molecule has 2 N–H and O–H groups in total. The van der Waals surface area contributed by atoms with Gasteiger partial charge in [-0.3, -0.25) is 14.5 Å². The van der Waals surface area contributed by atoms with E-state index in [1.807, 2.05) is 0 Å². The molecule has 1 unspecified atom stereocenters. The maximum atomic E-state index is 12.2. The van der Waals surface area contributed by atoms with Gasteiger partial charge in [-0.15, -0.1) is 0 Å². The van der Waals surface area contributed by atoms with Gasteiger partial charge in [0.1, 0.15) is 6.54 Å². The third-order valence-corrected chi connectivity index (χ3v) is 3.17. The number of aliphatic carboxylic acids is 1. The van der Waals surface area contributed by atoms with Gasteiger partial charge in [-0.05, 0) is 19.1 Å². The van der Waals surface area contributed by atoms with E-state index in [1.165, 1.54) is 6.92 Å². The number of anilines is 1. The van der Waals surface area contributed by atoms with Gasteiger partial charge in [0.25, 0.3) is 0 Å². The summed E-state index contributed by atoms with van der Waals surface area (Å²) >= 11 is 0. The van der Waals surface area contributed by atoms with Gasteiger partial charge in [0.15, 0.2) is 0 Å². The SMILES string of the molecule is CC(NS(C)(=O)=O)C(=O)N(CC(=O)O)c1ccccc1. The molecule has 0 bridgehead atoms. The van der Waals surface area contributed by atoms with Gasteiger partial charge < -0.3 is 5.11 Å². The Hall–Kier alpha value is -1.93. The summed E-state index contributed by atoms with van der Waals surface area (Å²) < 4.78 is 24.4. The van der Waals surface area contributed by atoms with Crippen LogP contribution in [0.25, 0.3) is 0 Å². The summed E-state index contributed by atoms with van der Waals surface area (Å²) in [7, 11) is -3.56. The van der Waals surface area contributed by atoms with Crippen molar-refractivity contribution in [2.24, 2.45) is 0 Å². The average Bonchev–Trinajstić information content (AvgIpc) is 2.34. The highest BCUT2D eigenvalue weighted by molar-refractivity contribution is 7.88. The van der Waals surface area contributed by atoms with Crippen molar-refractivity contribution >= 4 is 27.6 Å². The number of amides is 1. The lowest BCUT2D eigenvalue weighted by molar-refractivity contribution is -0.136. The van der Waals surface area contributed by atoms with Crippen molar-refractivity contribution in [2.45, 2.75) is 13.0 Å². The molecule has 7 nitrogen and oxygen atoms in total. The predicted octanol–water partition coefficient (Wildman–Crippen LogP) is 0.0419. The van der Waals surface area contributed by atoms with E-state index in [0.717, 1.165) is 11.2 Å². The van der Waals surface area contributed by atoms with Gasteiger partial charge in [-0.25, -0.2) is 13.1 Å². The molecule has 20 heavy (non-hydrogen) atoms. The Labute approximate surface area is 117 Å². The smallest absolute Gasteiger partial charge is 0.323 e. The molecule has 0 spiro atoms. The highest BCUT2D eigenvalue weighted by Gasteiger charge is 2.25. The van der Waals surface area contributed by atoms with Crippen LogP contribution in [0.2, 0.25) is 0 Å². The molecule has 0 saturated heterocycles. The normalized spacial score (nSPS) is 12.7. The van der Waals surface area contributed by atoms with E-state index in [0.29, 0.717) is 5.69 Å². The molecule has 1 rings (SSSR count). The van der Waals surface area contributed by atoms with E-state index in [-0.39, 0.29) is 0 Å². The third-order valence-electron chi connectivity index (χ3n) is 2.39. The standard InChI is InChI=1S/C12H16N2O5S/c1-9(13-20(2,18)19)12(17)14(8-11(15)16)10-6-4-3-5-7-10/h3-7,9,13H,8H2,1-2H3,(H,15,16). The van der Waals surface area contributed by atoms with Crippen molar-refractivity contribution in [1.29, 1.82) is 0 Å². The number of para-hydroxylation sites is 1.